The molecule has 0 unspecified atom stereocenters. The van der Waals surface area contributed by atoms with Gasteiger partial charge in [0.2, 0.25) is 0 Å². The van der Waals surface area contributed by atoms with E-state index in [0.717, 1.165) is 82.0 Å². The molecule has 0 heterocycles. The zero-order valence-electron chi connectivity index (χ0n) is 19.8. The summed E-state index contributed by atoms with van der Waals surface area (Å²) in [5.41, 5.74) is 4.22. The summed E-state index contributed by atoms with van der Waals surface area (Å²) >= 11 is 7.31. The Balaban J connectivity index is 1.83. The van der Waals surface area contributed by atoms with Gasteiger partial charge in [-0.1, -0.05) is 32.9 Å². The summed E-state index contributed by atoms with van der Waals surface area (Å²) in [5.74, 6) is 1.48. The number of hydrogen-bond acceptors (Lipinski definition) is 6. The van der Waals surface area contributed by atoms with Crippen molar-refractivity contribution in [3.05, 3.63) is 44.3 Å². The first-order valence-corrected chi connectivity index (χ1v) is 13.2. The molecule has 0 spiro atoms. The molecule has 0 radical (unpaired) electrons. The summed E-state index contributed by atoms with van der Waals surface area (Å²) < 4.78 is 13.9. The predicted molar refractivity (Wildman–Crippen MR) is 141 cm³/mol. The van der Waals surface area contributed by atoms with E-state index in [4.69, 9.17) is 9.47 Å². The predicted octanol–water partition coefficient (Wildman–Crippen LogP) is 5.86. The van der Waals surface area contributed by atoms with E-state index in [1.165, 1.54) is 0 Å². The Morgan fingerprint density at radius 3 is 1.42 bits per heavy atom. The second-order valence-corrected chi connectivity index (χ2v) is 9.56. The number of likely N-dealkylation sites (N-methyl/N-ethyl adjacent to an activating group) is 2. The van der Waals surface area contributed by atoms with Crippen molar-refractivity contribution < 1.29 is 14.7 Å². The van der Waals surface area contributed by atoms with Crippen LogP contribution in [0.4, 0.5) is 0 Å². The average Bonchev–Trinajstić information content (AvgIpc) is 3.10. The first-order valence-electron chi connectivity index (χ1n) is 11.6. The average molecular weight is 583 g/mol. The Morgan fingerprint density at radius 1 is 0.697 bits per heavy atom. The maximum atomic E-state index is 9.87. The molecule has 1 N–H and O–H groups in total. The number of nitrogens with zero attached hydrogens (tertiary/aromatic N) is 3. The van der Waals surface area contributed by atoms with E-state index in [9.17, 15) is 5.21 Å². The third kappa shape index (κ3) is 5.91. The molecule has 2 aromatic carbocycles. The molecule has 3 rings (SSSR count). The van der Waals surface area contributed by atoms with E-state index in [-0.39, 0.29) is 0 Å². The monoisotopic (exact) mass is 581 g/mol. The third-order valence-electron chi connectivity index (χ3n) is 6.16. The van der Waals surface area contributed by atoms with Gasteiger partial charge in [-0.2, -0.15) is 0 Å². The van der Waals surface area contributed by atoms with Crippen molar-refractivity contribution in [2.45, 2.75) is 27.7 Å². The van der Waals surface area contributed by atoms with Crippen LogP contribution < -0.4 is 9.47 Å². The topological polar surface area (TPSA) is 57.5 Å². The summed E-state index contributed by atoms with van der Waals surface area (Å²) in [6, 6.07) is 7.97. The Labute approximate surface area is 213 Å². The lowest BCUT2D eigenvalue weighted by Crippen LogP contribution is -2.28. The number of ether oxygens (including phenoxy) is 2. The highest BCUT2D eigenvalue weighted by Crippen LogP contribution is 2.45. The lowest BCUT2D eigenvalue weighted by molar-refractivity contribution is 0.222. The van der Waals surface area contributed by atoms with Crippen LogP contribution in [0, 0.1) is 0 Å². The number of fused-ring (bicyclic) bond motifs is 3. The summed E-state index contributed by atoms with van der Waals surface area (Å²) in [7, 11) is 0. The smallest absolute Gasteiger partial charge is 0.134 e. The van der Waals surface area contributed by atoms with E-state index < -0.39 is 0 Å². The molecule has 8 heteroatoms. The fourth-order valence-electron chi connectivity index (χ4n) is 4.07. The van der Waals surface area contributed by atoms with Crippen LogP contribution in [0.5, 0.6) is 11.5 Å². The van der Waals surface area contributed by atoms with Crippen LogP contribution in [0.2, 0.25) is 0 Å². The van der Waals surface area contributed by atoms with Crippen molar-refractivity contribution >= 4 is 37.6 Å². The fraction of sp³-hybridized carbons (Fsp3) is 0.480. The zero-order valence-corrected chi connectivity index (χ0v) is 23.0. The molecule has 0 saturated carbocycles. The molecule has 0 atom stereocenters. The normalized spacial score (nSPS) is 12.3. The second kappa shape index (κ2) is 12.2. The minimum Gasteiger partial charge on any atom is -0.491 e. The van der Waals surface area contributed by atoms with Gasteiger partial charge in [0.1, 0.15) is 30.4 Å². The molecule has 0 fully saturated rings. The van der Waals surface area contributed by atoms with Crippen molar-refractivity contribution in [2.24, 2.45) is 5.16 Å². The maximum absolute atomic E-state index is 9.87. The summed E-state index contributed by atoms with van der Waals surface area (Å²) in [4.78, 5) is 4.63. The van der Waals surface area contributed by atoms with Gasteiger partial charge >= 0.3 is 0 Å². The van der Waals surface area contributed by atoms with Crippen molar-refractivity contribution in [2.75, 3.05) is 52.5 Å². The third-order valence-corrected chi connectivity index (χ3v) is 7.40. The second-order valence-electron chi connectivity index (χ2n) is 7.86. The number of oxime groups is 1. The quantitative estimate of drug-likeness (QED) is 0.214. The van der Waals surface area contributed by atoms with Gasteiger partial charge in [-0.15, -0.1) is 0 Å². The first kappa shape index (κ1) is 26.0. The minimum atomic E-state index is 0.530. The van der Waals surface area contributed by atoms with Gasteiger partial charge in [-0.3, -0.25) is 0 Å². The van der Waals surface area contributed by atoms with E-state index >= 15 is 0 Å². The molecule has 2 aromatic rings. The Hall–Kier alpha value is -1.61. The standard InChI is InChI=1S/C25H33Br2N3O3/c1-5-29(6-2)9-11-32-23-15-19-17(13-21(23)26)18-14-22(27)24(16-20(18)25(19)28-31)33-12-10-30(7-3)8-4/h13-16,31H,5-12H2,1-4H3. The minimum absolute atomic E-state index is 0.530. The van der Waals surface area contributed by atoms with Gasteiger partial charge in [0.05, 0.1) is 8.95 Å². The molecular formula is C25H33Br2N3O3. The van der Waals surface area contributed by atoms with Gasteiger partial charge in [-0.25, -0.2) is 0 Å². The van der Waals surface area contributed by atoms with Gasteiger partial charge in [0, 0.05) is 24.2 Å². The molecule has 180 valence electrons. The maximum Gasteiger partial charge on any atom is 0.134 e. The number of halogens is 2. The SMILES string of the molecule is CCN(CC)CCOc1cc2c(cc1Br)-c1cc(Br)c(OCCN(CC)CC)cc1C2=NO. The van der Waals surface area contributed by atoms with Crippen LogP contribution in [0.3, 0.4) is 0 Å². The van der Waals surface area contributed by atoms with E-state index in [0.29, 0.717) is 18.9 Å². The van der Waals surface area contributed by atoms with Crippen LogP contribution in [-0.4, -0.2) is 73.2 Å². The Morgan fingerprint density at radius 2 is 1.09 bits per heavy atom. The van der Waals surface area contributed by atoms with E-state index in [2.05, 4.69) is 74.5 Å². The van der Waals surface area contributed by atoms with Gasteiger partial charge in [0.15, 0.2) is 0 Å². The van der Waals surface area contributed by atoms with Gasteiger partial charge < -0.3 is 24.5 Å². The highest BCUT2D eigenvalue weighted by molar-refractivity contribution is 9.11. The van der Waals surface area contributed by atoms with E-state index in [1.807, 2.05) is 24.3 Å². The molecule has 6 nitrogen and oxygen atoms in total. The van der Waals surface area contributed by atoms with E-state index in [1.54, 1.807) is 0 Å². The Kier molecular flexibility index (Phi) is 9.61. The van der Waals surface area contributed by atoms with Crippen molar-refractivity contribution in [3.8, 4) is 22.6 Å². The molecule has 33 heavy (non-hydrogen) atoms. The lowest BCUT2D eigenvalue weighted by atomic mass is 10.1. The molecule has 0 aromatic heterocycles. The summed E-state index contributed by atoms with van der Waals surface area (Å²) in [6.45, 7) is 15.5. The molecule has 0 bridgehead atoms. The molecular weight excluding hydrogens is 550 g/mol. The molecule has 0 aliphatic heterocycles. The van der Waals surface area contributed by atoms with Gasteiger partial charge in [-0.05, 0) is 93.4 Å². The lowest BCUT2D eigenvalue weighted by Gasteiger charge is -2.18. The number of benzene rings is 2. The number of rotatable bonds is 12. The highest BCUT2D eigenvalue weighted by Gasteiger charge is 2.29. The van der Waals surface area contributed by atoms with Gasteiger partial charge in [0.25, 0.3) is 0 Å². The Bertz CT molecular complexity index is 914. The van der Waals surface area contributed by atoms with Crippen LogP contribution in [0.1, 0.15) is 38.8 Å². The fourth-order valence-corrected chi connectivity index (χ4v) is 4.98. The number of hydrogen-bond donors (Lipinski definition) is 1. The molecule has 0 saturated heterocycles. The van der Waals surface area contributed by atoms with Crippen LogP contribution in [0.15, 0.2) is 38.4 Å². The zero-order chi connectivity index (χ0) is 24.0. The van der Waals surface area contributed by atoms with Crippen LogP contribution in [-0.2, 0) is 0 Å². The summed E-state index contributed by atoms with van der Waals surface area (Å²) in [5, 5.41) is 13.5. The highest BCUT2D eigenvalue weighted by atomic mass is 79.9. The molecule has 1 aliphatic carbocycles. The van der Waals surface area contributed by atoms with Crippen LogP contribution >= 0.6 is 31.9 Å². The van der Waals surface area contributed by atoms with Crippen molar-refractivity contribution in [3.63, 3.8) is 0 Å². The summed E-state index contributed by atoms with van der Waals surface area (Å²) in [6.07, 6.45) is 0. The van der Waals surface area contributed by atoms with Crippen molar-refractivity contribution in [1.82, 2.24) is 9.80 Å². The molecule has 1 aliphatic rings. The van der Waals surface area contributed by atoms with Crippen molar-refractivity contribution in [1.29, 1.82) is 0 Å². The molecule has 0 amide bonds. The van der Waals surface area contributed by atoms with Crippen LogP contribution in [0.25, 0.3) is 11.1 Å². The first-order chi connectivity index (χ1) is 16.0. The largest absolute Gasteiger partial charge is 0.491 e.